The smallest absolute Gasteiger partial charge is 0.234 e. The maximum absolute atomic E-state index is 12.7. The fourth-order valence-electron chi connectivity index (χ4n) is 4.75. The Bertz CT molecular complexity index is 973. The predicted molar refractivity (Wildman–Crippen MR) is 118 cm³/mol. The number of aromatic nitrogens is 1. The van der Waals surface area contributed by atoms with Crippen molar-refractivity contribution in [2.24, 2.45) is 0 Å². The second-order valence-corrected chi connectivity index (χ2v) is 9.34. The molecule has 0 bridgehead atoms. The van der Waals surface area contributed by atoms with Crippen LogP contribution in [0.5, 0.6) is 0 Å². The van der Waals surface area contributed by atoms with Crippen molar-refractivity contribution < 1.29 is 4.79 Å². The van der Waals surface area contributed by atoms with Crippen molar-refractivity contribution in [3.63, 3.8) is 0 Å². The number of thiazole rings is 1. The molecule has 5 rings (SSSR count). The van der Waals surface area contributed by atoms with Crippen LogP contribution in [0.1, 0.15) is 53.8 Å². The topological polar surface area (TPSA) is 45.2 Å². The second kappa shape index (κ2) is 8.25. The molecule has 29 heavy (non-hydrogen) atoms. The zero-order chi connectivity index (χ0) is 19.6. The minimum absolute atomic E-state index is 0.158. The van der Waals surface area contributed by atoms with Crippen molar-refractivity contribution in [1.82, 2.24) is 15.2 Å². The van der Waals surface area contributed by atoms with Crippen LogP contribution in [0.25, 0.3) is 10.2 Å². The third kappa shape index (κ3) is 4.07. The van der Waals surface area contributed by atoms with Gasteiger partial charge >= 0.3 is 0 Å². The van der Waals surface area contributed by atoms with E-state index in [1.165, 1.54) is 20.8 Å². The molecule has 2 aromatic carbocycles. The molecule has 0 saturated carbocycles. The number of aryl methyl sites for hydroxylation is 1. The van der Waals surface area contributed by atoms with Crippen LogP contribution < -0.4 is 5.32 Å². The molecular formula is C24H27N3OS. The van der Waals surface area contributed by atoms with Gasteiger partial charge in [-0.25, -0.2) is 4.98 Å². The third-order valence-corrected chi connectivity index (χ3v) is 7.52. The van der Waals surface area contributed by atoms with E-state index >= 15 is 0 Å². The summed E-state index contributed by atoms with van der Waals surface area (Å²) >= 11 is 1.83. The van der Waals surface area contributed by atoms with Gasteiger partial charge in [-0.1, -0.05) is 36.4 Å². The maximum Gasteiger partial charge on any atom is 0.234 e. The summed E-state index contributed by atoms with van der Waals surface area (Å²) in [6.45, 7) is 2.44. The number of hydrogen-bond acceptors (Lipinski definition) is 4. The molecule has 150 valence electrons. The number of rotatable bonds is 4. The number of nitrogens with zero attached hydrogens (tertiary/aromatic N) is 2. The lowest BCUT2D eigenvalue weighted by Crippen LogP contribution is -2.42. The Hall–Kier alpha value is -2.24. The monoisotopic (exact) mass is 405 g/mol. The second-order valence-electron chi connectivity index (χ2n) is 8.28. The highest BCUT2D eigenvalue weighted by Crippen LogP contribution is 2.34. The Morgan fingerprint density at radius 2 is 1.86 bits per heavy atom. The zero-order valence-corrected chi connectivity index (χ0v) is 17.5. The van der Waals surface area contributed by atoms with Crippen molar-refractivity contribution in [3.8, 4) is 0 Å². The Balaban J connectivity index is 1.15. The minimum Gasteiger partial charge on any atom is -0.348 e. The van der Waals surface area contributed by atoms with Crippen molar-refractivity contribution in [2.45, 2.75) is 44.1 Å². The molecule has 1 fully saturated rings. The number of carbonyl (C=O) groups is 1. The van der Waals surface area contributed by atoms with Crippen molar-refractivity contribution >= 4 is 27.5 Å². The van der Waals surface area contributed by atoms with E-state index in [0.29, 0.717) is 12.5 Å². The molecule has 1 aliphatic heterocycles. The molecule has 1 aliphatic carbocycles. The molecule has 0 unspecified atom stereocenters. The van der Waals surface area contributed by atoms with E-state index in [0.717, 1.165) is 50.7 Å². The third-order valence-electron chi connectivity index (χ3n) is 6.32. The Morgan fingerprint density at radius 1 is 1.07 bits per heavy atom. The summed E-state index contributed by atoms with van der Waals surface area (Å²) in [6.07, 6.45) is 5.48. The van der Waals surface area contributed by atoms with E-state index in [2.05, 4.69) is 58.7 Å². The van der Waals surface area contributed by atoms with Crippen LogP contribution in [0.4, 0.5) is 0 Å². The van der Waals surface area contributed by atoms with E-state index in [9.17, 15) is 4.79 Å². The van der Waals surface area contributed by atoms with E-state index in [1.807, 2.05) is 11.3 Å². The minimum atomic E-state index is 0.158. The summed E-state index contributed by atoms with van der Waals surface area (Å²) in [7, 11) is 0. The van der Waals surface area contributed by atoms with Crippen LogP contribution in [-0.4, -0.2) is 35.4 Å². The lowest BCUT2D eigenvalue weighted by atomic mass is 9.88. The maximum atomic E-state index is 12.7. The van der Waals surface area contributed by atoms with Gasteiger partial charge in [0.05, 0.1) is 27.8 Å². The summed E-state index contributed by atoms with van der Waals surface area (Å²) in [5, 5.41) is 4.55. The van der Waals surface area contributed by atoms with Gasteiger partial charge in [0.15, 0.2) is 0 Å². The zero-order valence-electron chi connectivity index (χ0n) is 16.6. The van der Waals surface area contributed by atoms with E-state index in [-0.39, 0.29) is 11.9 Å². The van der Waals surface area contributed by atoms with Crippen LogP contribution in [0, 0.1) is 0 Å². The molecule has 0 radical (unpaired) electrons. The Labute approximate surface area is 176 Å². The molecule has 4 nitrogen and oxygen atoms in total. The molecule has 5 heteroatoms. The number of carbonyl (C=O) groups excluding carboxylic acids is 1. The standard InChI is InChI=1S/C24H27N3OS/c28-23(25-20-10-5-7-17-6-1-2-8-19(17)20)16-27-14-12-18(13-15-27)24-26-21-9-3-4-11-22(21)29-24/h1-4,6,8-9,11,18,20H,5,7,10,12-16H2,(H,25,28)/t20-/m1/s1. The SMILES string of the molecule is O=C(CN1CCC(c2nc3ccccc3s2)CC1)N[C@@H]1CCCc2ccccc21. The highest BCUT2D eigenvalue weighted by atomic mass is 32.1. The van der Waals surface area contributed by atoms with Gasteiger partial charge < -0.3 is 5.32 Å². The van der Waals surface area contributed by atoms with Gasteiger partial charge in [-0.05, 0) is 68.5 Å². The Morgan fingerprint density at radius 3 is 2.72 bits per heavy atom. The van der Waals surface area contributed by atoms with E-state index in [1.54, 1.807) is 0 Å². The molecule has 1 saturated heterocycles. The van der Waals surface area contributed by atoms with Gasteiger partial charge in [-0.3, -0.25) is 9.69 Å². The number of benzene rings is 2. The number of likely N-dealkylation sites (tertiary alicyclic amines) is 1. The van der Waals surface area contributed by atoms with Crippen LogP contribution in [0.3, 0.4) is 0 Å². The first-order chi connectivity index (χ1) is 14.3. The van der Waals surface area contributed by atoms with Crippen molar-refractivity contribution in [2.75, 3.05) is 19.6 Å². The van der Waals surface area contributed by atoms with E-state index in [4.69, 9.17) is 4.98 Å². The van der Waals surface area contributed by atoms with Gasteiger partial charge in [0.2, 0.25) is 5.91 Å². The first-order valence-electron chi connectivity index (χ1n) is 10.7. The number of hydrogen-bond donors (Lipinski definition) is 1. The van der Waals surface area contributed by atoms with Crippen molar-refractivity contribution in [3.05, 3.63) is 64.7 Å². The number of para-hydroxylation sites is 1. The summed E-state index contributed by atoms with van der Waals surface area (Å²) in [4.78, 5) is 19.8. The van der Waals surface area contributed by atoms with Crippen LogP contribution in [-0.2, 0) is 11.2 Å². The molecule has 2 aliphatic rings. The first kappa shape index (κ1) is 18.8. The average Bonchev–Trinajstić information content (AvgIpc) is 3.19. The molecule has 1 aromatic heterocycles. The van der Waals surface area contributed by atoms with Gasteiger partial charge in [0.1, 0.15) is 0 Å². The predicted octanol–water partition coefficient (Wildman–Crippen LogP) is 4.67. The van der Waals surface area contributed by atoms with Gasteiger partial charge in [-0.15, -0.1) is 11.3 Å². The number of fused-ring (bicyclic) bond motifs is 2. The molecule has 1 atom stereocenters. The summed E-state index contributed by atoms with van der Waals surface area (Å²) in [5.41, 5.74) is 3.81. The molecule has 1 amide bonds. The highest BCUT2D eigenvalue weighted by Gasteiger charge is 2.26. The fraction of sp³-hybridized carbons (Fsp3) is 0.417. The molecule has 1 N–H and O–H groups in total. The molecular weight excluding hydrogens is 378 g/mol. The largest absolute Gasteiger partial charge is 0.348 e. The fourth-order valence-corrected chi connectivity index (χ4v) is 5.89. The molecule has 0 spiro atoms. The lowest BCUT2D eigenvalue weighted by Gasteiger charge is -2.32. The highest BCUT2D eigenvalue weighted by molar-refractivity contribution is 7.18. The Kier molecular flexibility index (Phi) is 5.34. The normalized spacial score (nSPS) is 20.5. The quantitative estimate of drug-likeness (QED) is 0.686. The van der Waals surface area contributed by atoms with Gasteiger partial charge in [0, 0.05) is 5.92 Å². The summed E-state index contributed by atoms with van der Waals surface area (Å²) in [6, 6.07) is 17.1. The number of amides is 1. The summed E-state index contributed by atoms with van der Waals surface area (Å²) < 4.78 is 1.28. The average molecular weight is 406 g/mol. The van der Waals surface area contributed by atoms with Crippen LogP contribution in [0.2, 0.25) is 0 Å². The van der Waals surface area contributed by atoms with Crippen molar-refractivity contribution in [1.29, 1.82) is 0 Å². The van der Waals surface area contributed by atoms with Crippen LogP contribution in [0.15, 0.2) is 48.5 Å². The lowest BCUT2D eigenvalue weighted by molar-refractivity contribution is -0.123. The molecule has 3 aromatic rings. The van der Waals surface area contributed by atoms with Crippen LogP contribution >= 0.6 is 11.3 Å². The molecule has 2 heterocycles. The van der Waals surface area contributed by atoms with E-state index < -0.39 is 0 Å². The number of piperidine rings is 1. The number of nitrogens with one attached hydrogen (secondary N) is 1. The first-order valence-corrected chi connectivity index (χ1v) is 11.5. The van der Waals surface area contributed by atoms with Gasteiger partial charge in [0.25, 0.3) is 0 Å². The van der Waals surface area contributed by atoms with Gasteiger partial charge in [-0.2, -0.15) is 0 Å². The summed E-state index contributed by atoms with van der Waals surface area (Å²) in [5.74, 6) is 0.682.